The van der Waals surface area contributed by atoms with E-state index in [2.05, 4.69) is 49.0 Å². The Labute approximate surface area is 113 Å². The zero-order valence-electron chi connectivity index (χ0n) is 12.1. The van der Waals surface area contributed by atoms with Crippen LogP contribution in [-0.4, -0.2) is 16.0 Å². The second-order valence-electron chi connectivity index (χ2n) is 5.80. The average Bonchev–Trinajstić information content (AvgIpc) is 2.66. The first-order valence-corrected chi connectivity index (χ1v) is 6.93. The van der Waals surface area contributed by atoms with Crippen LogP contribution in [0.4, 0.5) is 0 Å². The molecular weight excluding hydrogens is 238 g/mol. The van der Waals surface area contributed by atoms with E-state index in [1.807, 2.05) is 12.1 Å². The van der Waals surface area contributed by atoms with Crippen molar-refractivity contribution in [3.05, 3.63) is 34.2 Å². The molecule has 104 valence electrons. The third kappa shape index (κ3) is 3.47. The number of rotatable bonds is 5. The van der Waals surface area contributed by atoms with Gasteiger partial charge >= 0.3 is 5.69 Å². The van der Waals surface area contributed by atoms with Crippen molar-refractivity contribution in [2.75, 3.05) is 0 Å². The predicted octanol–water partition coefficient (Wildman–Crippen LogP) is 2.94. The summed E-state index contributed by atoms with van der Waals surface area (Å²) in [4.78, 5) is 16.8. The monoisotopic (exact) mass is 261 g/mol. The molecule has 0 fully saturated rings. The Kier molecular flexibility index (Phi) is 4.10. The van der Waals surface area contributed by atoms with Crippen molar-refractivity contribution in [3.63, 3.8) is 0 Å². The minimum absolute atomic E-state index is 0.152. The highest BCUT2D eigenvalue weighted by atomic mass is 16.1. The van der Waals surface area contributed by atoms with Gasteiger partial charge in [-0.3, -0.25) is 0 Å². The third-order valence-corrected chi connectivity index (χ3v) is 3.40. The van der Waals surface area contributed by atoms with E-state index in [9.17, 15) is 4.79 Å². The Bertz CT molecular complexity index is 597. The summed E-state index contributed by atoms with van der Waals surface area (Å²) in [5.74, 6) is 0.693. The minimum Gasteiger partial charge on any atom is -0.308 e. The summed E-state index contributed by atoms with van der Waals surface area (Å²) in [6.45, 7) is 8.84. The number of aromatic nitrogens is 2. The van der Waals surface area contributed by atoms with E-state index in [4.69, 9.17) is 0 Å². The van der Waals surface area contributed by atoms with E-state index in [-0.39, 0.29) is 11.7 Å². The molecule has 1 heterocycles. The second-order valence-corrected chi connectivity index (χ2v) is 5.80. The normalized spacial score (nSPS) is 15.0. The smallest absolute Gasteiger partial charge is 0.308 e. The predicted molar refractivity (Wildman–Crippen MR) is 79.4 cm³/mol. The fraction of sp³-hybridized carbons (Fsp3) is 0.533. The lowest BCUT2D eigenvalue weighted by Gasteiger charge is -2.21. The van der Waals surface area contributed by atoms with Crippen LogP contribution in [0.15, 0.2) is 23.0 Å². The van der Waals surface area contributed by atoms with Gasteiger partial charge in [0.25, 0.3) is 0 Å². The molecule has 1 aromatic heterocycles. The highest BCUT2D eigenvalue weighted by Gasteiger charge is 2.11. The topological polar surface area (TPSA) is 60.7 Å². The van der Waals surface area contributed by atoms with Crippen LogP contribution in [0.5, 0.6) is 0 Å². The zero-order valence-corrected chi connectivity index (χ0v) is 12.1. The molecule has 19 heavy (non-hydrogen) atoms. The maximum absolute atomic E-state index is 11.2. The van der Waals surface area contributed by atoms with Crippen LogP contribution < -0.4 is 11.0 Å². The Hall–Kier alpha value is -1.55. The summed E-state index contributed by atoms with van der Waals surface area (Å²) in [6, 6.07) is 6.81. The molecule has 0 saturated heterocycles. The van der Waals surface area contributed by atoms with E-state index in [1.165, 1.54) is 5.56 Å². The molecule has 2 rings (SSSR count). The molecule has 0 aliphatic carbocycles. The fourth-order valence-corrected chi connectivity index (χ4v) is 2.62. The summed E-state index contributed by atoms with van der Waals surface area (Å²) in [6.07, 6.45) is 1.16. The molecule has 2 unspecified atom stereocenters. The Morgan fingerprint density at radius 2 is 1.79 bits per heavy atom. The lowest BCUT2D eigenvalue weighted by Crippen LogP contribution is -2.30. The molecule has 0 amide bonds. The van der Waals surface area contributed by atoms with Crippen molar-refractivity contribution >= 4 is 11.0 Å². The number of benzene rings is 1. The van der Waals surface area contributed by atoms with Crippen LogP contribution in [0.3, 0.4) is 0 Å². The molecule has 4 nitrogen and oxygen atoms in total. The summed E-state index contributed by atoms with van der Waals surface area (Å²) in [5.41, 5.74) is 2.77. The molecule has 4 heteroatoms. The van der Waals surface area contributed by atoms with Gasteiger partial charge in [-0.15, -0.1) is 0 Å². The van der Waals surface area contributed by atoms with Gasteiger partial charge in [-0.1, -0.05) is 19.9 Å². The van der Waals surface area contributed by atoms with Crippen LogP contribution >= 0.6 is 0 Å². The van der Waals surface area contributed by atoms with E-state index < -0.39 is 0 Å². The van der Waals surface area contributed by atoms with E-state index in [0.29, 0.717) is 12.0 Å². The lowest BCUT2D eigenvalue weighted by atomic mass is 10.0. The van der Waals surface area contributed by atoms with E-state index >= 15 is 0 Å². The number of fused-ring (bicyclic) bond motifs is 1. The summed E-state index contributed by atoms with van der Waals surface area (Å²) in [7, 11) is 0. The highest BCUT2D eigenvalue weighted by molar-refractivity contribution is 5.75. The van der Waals surface area contributed by atoms with Gasteiger partial charge in [-0.25, -0.2) is 4.79 Å². The number of imidazole rings is 1. The molecule has 1 aromatic carbocycles. The average molecular weight is 261 g/mol. The molecule has 2 atom stereocenters. The van der Waals surface area contributed by atoms with Crippen molar-refractivity contribution in [2.45, 2.75) is 46.2 Å². The number of aromatic amines is 2. The number of nitrogens with one attached hydrogen (secondary N) is 3. The first-order valence-electron chi connectivity index (χ1n) is 6.93. The maximum Gasteiger partial charge on any atom is 0.323 e. The molecule has 0 radical (unpaired) electrons. The molecule has 0 spiro atoms. The quantitative estimate of drug-likeness (QED) is 0.775. The molecule has 3 N–H and O–H groups in total. The summed E-state index contributed by atoms with van der Waals surface area (Å²) in [5, 5.41) is 3.60. The van der Waals surface area contributed by atoms with Gasteiger partial charge in [-0.05, 0) is 43.9 Å². The maximum atomic E-state index is 11.2. The van der Waals surface area contributed by atoms with Crippen LogP contribution in [0.2, 0.25) is 0 Å². The fourth-order valence-electron chi connectivity index (χ4n) is 2.62. The van der Waals surface area contributed by atoms with Crippen LogP contribution in [-0.2, 0) is 0 Å². The van der Waals surface area contributed by atoms with Crippen molar-refractivity contribution in [1.29, 1.82) is 0 Å². The van der Waals surface area contributed by atoms with Crippen molar-refractivity contribution < 1.29 is 0 Å². The third-order valence-electron chi connectivity index (χ3n) is 3.40. The number of H-pyrrole nitrogens is 2. The van der Waals surface area contributed by atoms with Crippen molar-refractivity contribution in [2.24, 2.45) is 5.92 Å². The zero-order chi connectivity index (χ0) is 14.0. The van der Waals surface area contributed by atoms with Crippen molar-refractivity contribution in [3.8, 4) is 0 Å². The Morgan fingerprint density at radius 1 is 1.11 bits per heavy atom. The van der Waals surface area contributed by atoms with Gasteiger partial charge in [0, 0.05) is 12.1 Å². The van der Waals surface area contributed by atoms with Gasteiger partial charge in [0.1, 0.15) is 0 Å². The van der Waals surface area contributed by atoms with Gasteiger partial charge in [0.05, 0.1) is 11.0 Å². The second kappa shape index (κ2) is 5.61. The van der Waals surface area contributed by atoms with E-state index in [0.717, 1.165) is 17.5 Å². The van der Waals surface area contributed by atoms with Gasteiger partial charge < -0.3 is 15.3 Å². The molecular formula is C15H23N3O. The molecule has 0 bridgehead atoms. The van der Waals surface area contributed by atoms with Crippen molar-refractivity contribution in [1.82, 2.24) is 15.3 Å². The largest absolute Gasteiger partial charge is 0.323 e. The van der Waals surface area contributed by atoms with E-state index in [1.54, 1.807) is 0 Å². The Morgan fingerprint density at radius 3 is 2.47 bits per heavy atom. The number of hydrogen-bond acceptors (Lipinski definition) is 2. The van der Waals surface area contributed by atoms with Gasteiger partial charge in [0.15, 0.2) is 0 Å². The van der Waals surface area contributed by atoms with Crippen LogP contribution in [0.25, 0.3) is 11.0 Å². The molecule has 0 aliphatic heterocycles. The molecule has 0 saturated carbocycles. The first kappa shape index (κ1) is 13.9. The molecule has 0 aliphatic rings. The lowest BCUT2D eigenvalue weighted by molar-refractivity contribution is 0.407. The van der Waals surface area contributed by atoms with Gasteiger partial charge in [-0.2, -0.15) is 0 Å². The number of hydrogen-bond donors (Lipinski definition) is 3. The SMILES string of the molecule is CC(C)CC(C)NC(C)c1ccc2[nH]c(=O)[nH]c2c1. The summed E-state index contributed by atoms with van der Waals surface area (Å²) >= 11 is 0. The standard InChI is InChI=1S/C15H23N3O/c1-9(2)7-10(3)16-11(4)12-5-6-13-14(8-12)18-15(19)17-13/h5-6,8-11,16H,7H2,1-4H3,(H2,17,18,19). The first-order chi connectivity index (χ1) is 8.95. The minimum atomic E-state index is -0.152. The van der Waals surface area contributed by atoms with Gasteiger partial charge in [0.2, 0.25) is 0 Å². The Balaban J connectivity index is 2.12. The summed E-state index contributed by atoms with van der Waals surface area (Å²) < 4.78 is 0. The molecule has 2 aromatic rings. The van der Waals surface area contributed by atoms with Crippen LogP contribution in [0.1, 0.15) is 45.7 Å². The highest BCUT2D eigenvalue weighted by Crippen LogP contribution is 2.18. The van der Waals surface area contributed by atoms with Crippen LogP contribution in [0, 0.1) is 5.92 Å².